The maximum Gasteiger partial charge on any atom is 0.208 e. The predicted octanol–water partition coefficient (Wildman–Crippen LogP) is 2.29. The molecule has 1 aliphatic rings. The SMILES string of the molecule is COc1c(Br)cc(C2(CN)CC2)c(O)c1F. The van der Waals surface area contributed by atoms with E-state index >= 15 is 0 Å². The second-order valence-corrected chi connectivity index (χ2v) is 4.94. The number of methoxy groups -OCH3 is 1. The number of hydrogen-bond donors (Lipinski definition) is 2. The molecule has 1 aliphatic carbocycles. The van der Waals surface area contributed by atoms with Crippen LogP contribution in [0.15, 0.2) is 10.5 Å². The number of phenolic OH excluding ortho intramolecular Hbond substituents is 1. The summed E-state index contributed by atoms with van der Waals surface area (Å²) < 4.78 is 19.1. The van der Waals surface area contributed by atoms with Gasteiger partial charge in [-0.2, -0.15) is 4.39 Å². The van der Waals surface area contributed by atoms with Gasteiger partial charge in [-0.25, -0.2) is 0 Å². The van der Waals surface area contributed by atoms with Crippen LogP contribution in [0.3, 0.4) is 0 Å². The lowest BCUT2D eigenvalue weighted by Crippen LogP contribution is -2.20. The van der Waals surface area contributed by atoms with E-state index in [2.05, 4.69) is 15.9 Å². The predicted molar refractivity (Wildman–Crippen MR) is 62.3 cm³/mol. The fourth-order valence-corrected chi connectivity index (χ4v) is 2.48. The average Bonchev–Trinajstić information content (AvgIpc) is 3.05. The second-order valence-electron chi connectivity index (χ2n) is 4.09. The Morgan fingerprint density at radius 3 is 2.69 bits per heavy atom. The molecule has 0 amide bonds. The summed E-state index contributed by atoms with van der Waals surface area (Å²) in [7, 11) is 1.36. The lowest BCUT2D eigenvalue weighted by atomic mass is 9.95. The molecule has 16 heavy (non-hydrogen) atoms. The van der Waals surface area contributed by atoms with Gasteiger partial charge in [0.2, 0.25) is 5.82 Å². The molecule has 5 heteroatoms. The molecule has 0 atom stereocenters. The van der Waals surface area contributed by atoms with Crippen molar-refractivity contribution >= 4 is 15.9 Å². The highest BCUT2D eigenvalue weighted by atomic mass is 79.9. The Hall–Kier alpha value is -0.810. The zero-order valence-electron chi connectivity index (χ0n) is 8.89. The molecule has 1 saturated carbocycles. The molecule has 1 aromatic carbocycles. The standard InChI is InChI=1S/C11H13BrFNO2/c1-16-10-7(12)4-6(9(15)8(10)13)11(5-14)2-3-11/h4,15H,2-3,5,14H2,1H3. The van der Waals surface area contributed by atoms with Crippen molar-refractivity contribution in [2.45, 2.75) is 18.3 Å². The van der Waals surface area contributed by atoms with Crippen LogP contribution in [0.2, 0.25) is 0 Å². The molecule has 2 rings (SSSR count). The Balaban J connectivity index is 2.57. The van der Waals surface area contributed by atoms with Gasteiger partial charge in [-0.05, 0) is 34.8 Å². The highest BCUT2D eigenvalue weighted by Crippen LogP contribution is 2.53. The summed E-state index contributed by atoms with van der Waals surface area (Å²) in [5, 5.41) is 9.81. The van der Waals surface area contributed by atoms with E-state index < -0.39 is 5.82 Å². The van der Waals surface area contributed by atoms with Crippen molar-refractivity contribution < 1.29 is 14.2 Å². The molecule has 0 unspecified atom stereocenters. The van der Waals surface area contributed by atoms with E-state index in [1.54, 1.807) is 6.07 Å². The quantitative estimate of drug-likeness (QED) is 0.898. The van der Waals surface area contributed by atoms with Crippen LogP contribution >= 0.6 is 15.9 Å². The van der Waals surface area contributed by atoms with E-state index in [-0.39, 0.29) is 16.9 Å². The first kappa shape index (κ1) is 11.7. The third kappa shape index (κ3) is 1.58. The molecule has 1 aromatic rings. The van der Waals surface area contributed by atoms with Gasteiger partial charge in [0.05, 0.1) is 11.6 Å². The Morgan fingerprint density at radius 2 is 2.25 bits per heavy atom. The van der Waals surface area contributed by atoms with Gasteiger partial charge in [0, 0.05) is 17.5 Å². The van der Waals surface area contributed by atoms with Crippen LogP contribution in [0.5, 0.6) is 11.5 Å². The first-order valence-corrected chi connectivity index (χ1v) is 5.80. The average molecular weight is 290 g/mol. The first-order chi connectivity index (χ1) is 7.55. The molecule has 0 bridgehead atoms. The molecular formula is C11H13BrFNO2. The Labute approximate surface area is 102 Å². The van der Waals surface area contributed by atoms with Crippen molar-refractivity contribution in [2.75, 3.05) is 13.7 Å². The van der Waals surface area contributed by atoms with Crippen molar-refractivity contribution in [2.24, 2.45) is 5.73 Å². The maximum atomic E-state index is 13.8. The van der Waals surface area contributed by atoms with Gasteiger partial charge in [-0.1, -0.05) is 0 Å². The van der Waals surface area contributed by atoms with Crippen LogP contribution in [0.1, 0.15) is 18.4 Å². The number of rotatable bonds is 3. The van der Waals surface area contributed by atoms with Crippen LogP contribution < -0.4 is 10.5 Å². The third-order valence-electron chi connectivity index (χ3n) is 3.17. The van der Waals surface area contributed by atoms with Crippen LogP contribution in [0.25, 0.3) is 0 Å². The maximum absolute atomic E-state index is 13.8. The fourth-order valence-electron chi connectivity index (χ4n) is 1.92. The van der Waals surface area contributed by atoms with Gasteiger partial charge < -0.3 is 15.6 Å². The van der Waals surface area contributed by atoms with Crippen molar-refractivity contribution in [3.8, 4) is 11.5 Å². The number of nitrogens with two attached hydrogens (primary N) is 1. The molecule has 3 N–H and O–H groups in total. The molecule has 0 saturated heterocycles. The minimum Gasteiger partial charge on any atom is -0.505 e. The molecule has 0 aliphatic heterocycles. The van der Waals surface area contributed by atoms with Crippen LogP contribution in [0, 0.1) is 5.82 Å². The van der Waals surface area contributed by atoms with Gasteiger partial charge in [-0.15, -0.1) is 0 Å². The van der Waals surface area contributed by atoms with E-state index in [0.717, 1.165) is 12.8 Å². The van der Waals surface area contributed by atoms with Gasteiger partial charge in [0.25, 0.3) is 0 Å². The Morgan fingerprint density at radius 1 is 1.62 bits per heavy atom. The Bertz CT molecular complexity index is 432. The minimum absolute atomic E-state index is 0.0223. The van der Waals surface area contributed by atoms with E-state index in [9.17, 15) is 9.50 Å². The molecule has 0 heterocycles. The molecule has 0 aromatic heterocycles. The van der Waals surface area contributed by atoms with Gasteiger partial charge in [0.1, 0.15) is 0 Å². The van der Waals surface area contributed by atoms with Gasteiger partial charge in [0.15, 0.2) is 11.5 Å². The van der Waals surface area contributed by atoms with Crippen molar-refractivity contribution in [1.82, 2.24) is 0 Å². The number of benzene rings is 1. The van der Waals surface area contributed by atoms with Crippen LogP contribution in [0.4, 0.5) is 4.39 Å². The van der Waals surface area contributed by atoms with E-state index in [1.165, 1.54) is 7.11 Å². The molecule has 1 fully saturated rings. The Kier molecular flexibility index (Phi) is 2.84. The zero-order valence-corrected chi connectivity index (χ0v) is 10.5. The summed E-state index contributed by atoms with van der Waals surface area (Å²) in [5.74, 6) is -1.05. The normalized spacial score (nSPS) is 17.2. The van der Waals surface area contributed by atoms with Crippen molar-refractivity contribution in [3.05, 3.63) is 21.9 Å². The second kappa shape index (κ2) is 3.89. The molecular weight excluding hydrogens is 277 g/mol. The van der Waals surface area contributed by atoms with E-state index in [1.807, 2.05) is 0 Å². The first-order valence-electron chi connectivity index (χ1n) is 5.01. The lowest BCUT2D eigenvalue weighted by molar-refractivity contribution is 0.357. The number of halogens is 2. The largest absolute Gasteiger partial charge is 0.505 e. The summed E-state index contributed by atoms with van der Waals surface area (Å²) >= 11 is 3.22. The summed E-state index contributed by atoms with van der Waals surface area (Å²) in [6.07, 6.45) is 1.77. The van der Waals surface area contributed by atoms with Crippen molar-refractivity contribution in [3.63, 3.8) is 0 Å². The number of aromatic hydroxyl groups is 1. The number of hydrogen-bond acceptors (Lipinski definition) is 3. The van der Waals surface area contributed by atoms with Gasteiger partial charge in [-0.3, -0.25) is 0 Å². The molecule has 88 valence electrons. The molecule has 0 spiro atoms. The van der Waals surface area contributed by atoms with E-state index in [4.69, 9.17) is 10.5 Å². The van der Waals surface area contributed by atoms with Crippen LogP contribution in [-0.4, -0.2) is 18.8 Å². The highest BCUT2D eigenvalue weighted by Gasteiger charge is 2.45. The smallest absolute Gasteiger partial charge is 0.208 e. The summed E-state index contributed by atoms with van der Waals surface area (Å²) in [6, 6.07) is 1.69. The zero-order chi connectivity index (χ0) is 11.9. The highest BCUT2D eigenvalue weighted by molar-refractivity contribution is 9.10. The fraction of sp³-hybridized carbons (Fsp3) is 0.455. The topological polar surface area (TPSA) is 55.5 Å². The lowest BCUT2D eigenvalue weighted by Gasteiger charge is -2.17. The molecule has 3 nitrogen and oxygen atoms in total. The van der Waals surface area contributed by atoms with Gasteiger partial charge >= 0.3 is 0 Å². The monoisotopic (exact) mass is 289 g/mol. The number of phenols is 1. The minimum atomic E-state index is -0.730. The molecule has 0 radical (unpaired) electrons. The third-order valence-corrected chi connectivity index (χ3v) is 3.76. The number of ether oxygens (including phenoxy) is 1. The van der Waals surface area contributed by atoms with Crippen LogP contribution in [-0.2, 0) is 5.41 Å². The van der Waals surface area contributed by atoms with Crippen molar-refractivity contribution in [1.29, 1.82) is 0 Å². The summed E-state index contributed by atoms with van der Waals surface area (Å²) in [4.78, 5) is 0. The summed E-state index contributed by atoms with van der Waals surface area (Å²) in [5.41, 5.74) is 5.98. The van der Waals surface area contributed by atoms with E-state index in [0.29, 0.717) is 16.6 Å². The summed E-state index contributed by atoms with van der Waals surface area (Å²) in [6.45, 7) is 0.415.